The monoisotopic (exact) mass is 386 g/mol. The Balaban J connectivity index is 1.65. The quantitative estimate of drug-likeness (QED) is 0.767. The van der Waals surface area contributed by atoms with E-state index in [0.717, 1.165) is 4.90 Å². The molecule has 3 amide bonds. The number of amides is 3. The van der Waals surface area contributed by atoms with E-state index < -0.39 is 11.8 Å². The van der Waals surface area contributed by atoms with E-state index in [2.05, 4.69) is 5.32 Å². The number of imide groups is 1. The van der Waals surface area contributed by atoms with Crippen molar-refractivity contribution in [2.75, 3.05) is 11.9 Å². The first-order valence-corrected chi connectivity index (χ1v) is 8.96. The van der Waals surface area contributed by atoms with Gasteiger partial charge in [0, 0.05) is 13.0 Å². The van der Waals surface area contributed by atoms with Gasteiger partial charge in [0.15, 0.2) is 0 Å². The van der Waals surface area contributed by atoms with Gasteiger partial charge in [0.25, 0.3) is 11.8 Å². The number of hydrogen-bond donors (Lipinski definition) is 1. The fourth-order valence-corrected chi connectivity index (χ4v) is 3.10. The van der Waals surface area contributed by atoms with E-state index in [1.807, 2.05) is 19.9 Å². The standard InChI is InChI=1S/C20H19ClN2O4/c1-12(2)27-16-9-4-3-8-15(16)22-17(24)10-11-23-19(25)13-6-5-7-14(21)18(13)20(23)26/h3-9,12H,10-11H2,1-2H3,(H,22,24). The number of hydrogen-bond acceptors (Lipinski definition) is 4. The van der Waals surface area contributed by atoms with Gasteiger partial charge in [-0.05, 0) is 38.1 Å². The van der Waals surface area contributed by atoms with Crippen LogP contribution in [0.1, 0.15) is 41.0 Å². The zero-order valence-electron chi connectivity index (χ0n) is 15.0. The summed E-state index contributed by atoms with van der Waals surface area (Å²) in [5, 5.41) is 3.00. The second-order valence-corrected chi connectivity index (χ2v) is 6.79. The fourth-order valence-electron chi connectivity index (χ4n) is 2.85. The van der Waals surface area contributed by atoms with Crippen LogP contribution >= 0.6 is 11.6 Å². The van der Waals surface area contributed by atoms with Gasteiger partial charge in [-0.2, -0.15) is 0 Å². The average Bonchev–Trinajstić information content (AvgIpc) is 2.86. The first-order chi connectivity index (χ1) is 12.9. The predicted molar refractivity (Wildman–Crippen MR) is 102 cm³/mol. The number of halogens is 1. The molecule has 0 aliphatic carbocycles. The van der Waals surface area contributed by atoms with Gasteiger partial charge in [0.1, 0.15) is 5.75 Å². The Morgan fingerprint density at radius 1 is 1.11 bits per heavy atom. The molecular weight excluding hydrogens is 368 g/mol. The summed E-state index contributed by atoms with van der Waals surface area (Å²) in [4.78, 5) is 38.2. The van der Waals surface area contributed by atoms with Crippen LogP contribution in [0, 0.1) is 0 Å². The number of nitrogens with one attached hydrogen (secondary N) is 1. The number of ether oxygens (including phenoxy) is 1. The Kier molecular flexibility index (Phi) is 5.46. The lowest BCUT2D eigenvalue weighted by atomic mass is 10.1. The molecule has 0 bridgehead atoms. The van der Waals surface area contributed by atoms with Crippen LogP contribution in [-0.4, -0.2) is 35.3 Å². The highest BCUT2D eigenvalue weighted by atomic mass is 35.5. The molecule has 7 heteroatoms. The summed E-state index contributed by atoms with van der Waals surface area (Å²) in [6.45, 7) is 3.76. The maximum absolute atomic E-state index is 12.4. The lowest BCUT2D eigenvalue weighted by Crippen LogP contribution is -2.33. The average molecular weight is 387 g/mol. The van der Waals surface area contributed by atoms with Crippen LogP contribution in [0.15, 0.2) is 42.5 Å². The number of carbonyl (C=O) groups excluding carboxylic acids is 3. The van der Waals surface area contributed by atoms with E-state index in [9.17, 15) is 14.4 Å². The molecule has 1 N–H and O–H groups in total. The minimum absolute atomic E-state index is 0.0261. The first kappa shape index (κ1) is 18.9. The SMILES string of the molecule is CC(C)Oc1ccccc1NC(=O)CCN1C(=O)c2cccc(Cl)c2C1=O. The molecule has 140 valence electrons. The molecule has 0 saturated heterocycles. The minimum atomic E-state index is -0.475. The summed E-state index contributed by atoms with van der Waals surface area (Å²) in [5.74, 6) is -0.670. The Hall–Kier alpha value is -2.86. The lowest BCUT2D eigenvalue weighted by molar-refractivity contribution is -0.116. The van der Waals surface area contributed by atoms with Crippen molar-refractivity contribution in [3.8, 4) is 5.75 Å². The Morgan fingerprint density at radius 3 is 2.56 bits per heavy atom. The number of fused-ring (bicyclic) bond motifs is 1. The van der Waals surface area contributed by atoms with Crippen molar-refractivity contribution < 1.29 is 19.1 Å². The maximum Gasteiger partial charge on any atom is 0.263 e. The van der Waals surface area contributed by atoms with Gasteiger partial charge in [0.2, 0.25) is 5.91 Å². The van der Waals surface area contributed by atoms with E-state index >= 15 is 0 Å². The molecule has 1 aliphatic rings. The molecule has 0 unspecified atom stereocenters. The lowest BCUT2D eigenvalue weighted by Gasteiger charge is -2.16. The van der Waals surface area contributed by atoms with Gasteiger partial charge in [-0.3, -0.25) is 19.3 Å². The van der Waals surface area contributed by atoms with E-state index in [0.29, 0.717) is 11.4 Å². The summed E-state index contributed by atoms with van der Waals surface area (Å²) in [6, 6.07) is 11.8. The van der Waals surface area contributed by atoms with Crippen LogP contribution in [0.2, 0.25) is 5.02 Å². The van der Waals surface area contributed by atoms with Crippen LogP contribution in [0.5, 0.6) is 5.75 Å². The van der Waals surface area contributed by atoms with Crippen molar-refractivity contribution in [2.45, 2.75) is 26.4 Å². The summed E-state index contributed by atoms with van der Waals surface area (Å²) in [5.41, 5.74) is 1.01. The molecule has 0 radical (unpaired) electrons. The van der Waals surface area contributed by atoms with Crippen molar-refractivity contribution in [2.24, 2.45) is 0 Å². The number of carbonyl (C=O) groups is 3. The van der Waals surface area contributed by atoms with Gasteiger partial charge in [-0.25, -0.2) is 0 Å². The number of anilines is 1. The van der Waals surface area contributed by atoms with Crippen LogP contribution in [0.3, 0.4) is 0 Å². The third-order valence-corrected chi connectivity index (χ3v) is 4.35. The highest BCUT2D eigenvalue weighted by Gasteiger charge is 2.37. The van der Waals surface area contributed by atoms with Gasteiger partial charge < -0.3 is 10.1 Å². The third kappa shape index (κ3) is 3.95. The Bertz CT molecular complexity index is 911. The number of para-hydroxylation sites is 2. The smallest absolute Gasteiger partial charge is 0.263 e. The van der Waals surface area contributed by atoms with Gasteiger partial charge in [-0.15, -0.1) is 0 Å². The molecule has 27 heavy (non-hydrogen) atoms. The molecule has 0 fully saturated rings. The van der Waals surface area contributed by atoms with Gasteiger partial charge >= 0.3 is 0 Å². The van der Waals surface area contributed by atoms with Crippen LogP contribution in [0.25, 0.3) is 0 Å². The summed E-state index contributed by atoms with van der Waals surface area (Å²) in [7, 11) is 0. The molecule has 0 saturated carbocycles. The molecule has 2 aromatic carbocycles. The van der Waals surface area contributed by atoms with E-state index in [1.165, 1.54) is 0 Å². The molecule has 0 aromatic heterocycles. The molecule has 0 spiro atoms. The van der Waals surface area contributed by atoms with Crippen molar-refractivity contribution in [1.29, 1.82) is 0 Å². The van der Waals surface area contributed by atoms with Crippen molar-refractivity contribution in [3.05, 3.63) is 58.6 Å². The van der Waals surface area contributed by atoms with E-state index in [-0.39, 0.29) is 41.1 Å². The molecular formula is C20H19ClN2O4. The molecule has 1 aliphatic heterocycles. The largest absolute Gasteiger partial charge is 0.489 e. The fraction of sp³-hybridized carbons (Fsp3) is 0.250. The second kappa shape index (κ2) is 7.80. The number of benzene rings is 2. The molecule has 0 atom stereocenters. The van der Waals surface area contributed by atoms with Crippen molar-refractivity contribution in [1.82, 2.24) is 4.90 Å². The predicted octanol–water partition coefficient (Wildman–Crippen LogP) is 3.75. The highest BCUT2D eigenvalue weighted by molar-refractivity contribution is 6.37. The topological polar surface area (TPSA) is 75.7 Å². The zero-order valence-corrected chi connectivity index (χ0v) is 15.7. The van der Waals surface area contributed by atoms with Crippen LogP contribution < -0.4 is 10.1 Å². The highest BCUT2D eigenvalue weighted by Crippen LogP contribution is 2.29. The van der Waals surface area contributed by atoms with Crippen LogP contribution in [0.4, 0.5) is 5.69 Å². The first-order valence-electron chi connectivity index (χ1n) is 8.58. The third-order valence-electron chi connectivity index (χ3n) is 4.03. The normalized spacial score (nSPS) is 13.1. The Labute approximate surface area is 162 Å². The molecule has 3 rings (SSSR count). The second-order valence-electron chi connectivity index (χ2n) is 6.39. The van der Waals surface area contributed by atoms with E-state index in [1.54, 1.807) is 36.4 Å². The minimum Gasteiger partial charge on any atom is -0.489 e. The van der Waals surface area contributed by atoms with Crippen molar-refractivity contribution >= 4 is 35.0 Å². The number of rotatable bonds is 6. The van der Waals surface area contributed by atoms with E-state index in [4.69, 9.17) is 16.3 Å². The number of nitrogens with zero attached hydrogens (tertiary/aromatic N) is 1. The zero-order chi connectivity index (χ0) is 19.6. The van der Waals surface area contributed by atoms with Gasteiger partial charge in [-0.1, -0.05) is 29.8 Å². The molecule has 1 heterocycles. The molecule has 2 aromatic rings. The Morgan fingerprint density at radius 2 is 1.85 bits per heavy atom. The summed E-state index contributed by atoms with van der Waals surface area (Å²) in [6.07, 6.45) is -0.0646. The summed E-state index contributed by atoms with van der Waals surface area (Å²) < 4.78 is 5.67. The van der Waals surface area contributed by atoms with Gasteiger partial charge in [0.05, 0.1) is 27.9 Å². The van der Waals surface area contributed by atoms with Crippen molar-refractivity contribution in [3.63, 3.8) is 0 Å². The molecule has 6 nitrogen and oxygen atoms in total. The summed E-state index contributed by atoms with van der Waals surface area (Å²) >= 11 is 6.03. The van der Waals surface area contributed by atoms with Crippen LogP contribution in [-0.2, 0) is 4.79 Å². The maximum atomic E-state index is 12.4.